The summed E-state index contributed by atoms with van der Waals surface area (Å²) in [4.78, 5) is 11.2. The van der Waals surface area contributed by atoms with Crippen LogP contribution in [0.3, 0.4) is 0 Å². The highest BCUT2D eigenvalue weighted by Gasteiger charge is 2.25. The van der Waals surface area contributed by atoms with Crippen molar-refractivity contribution in [2.75, 3.05) is 19.8 Å². The van der Waals surface area contributed by atoms with Crippen LogP contribution >= 0.6 is 0 Å². The highest BCUT2D eigenvalue weighted by atomic mass is 16.6. The summed E-state index contributed by atoms with van der Waals surface area (Å²) in [5.41, 5.74) is 0. The molecule has 0 aliphatic carbocycles. The molecule has 1 fully saturated rings. The number of unbranched alkanes of at least 4 members (excludes halogenated alkanes) is 5. The molecule has 1 aliphatic heterocycles. The zero-order valence-electron chi connectivity index (χ0n) is 14.5. The van der Waals surface area contributed by atoms with Crippen molar-refractivity contribution >= 4 is 5.97 Å². The van der Waals surface area contributed by atoms with E-state index in [4.69, 9.17) is 14.2 Å². The normalized spacial score (nSPS) is 21.7. The van der Waals surface area contributed by atoms with Crippen LogP contribution in [0.1, 0.15) is 78.1 Å². The monoisotopic (exact) mass is 314 g/mol. The van der Waals surface area contributed by atoms with Crippen LogP contribution in [0.15, 0.2) is 0 Å². The first-order valence-corrected chi connectivity index (χ1v) is 9.16. The second-order valence-electron chi connectivity index (χ2n) is 6.07. The lowest BCUT2D eigenvalue weighted by atomic mass is 10.00. The van der Waals surface area contributed by atoms with E-state index in [9.17, 15) is 4.79 Å². The van der Waals surface area contributed by atoms with Crippen LogP contribution in [0.25, 0.3) is 0 Å². The number of rotatable bonds is 12. The Morgan fingerprint density at radius 3 is 2.14 bits per heavy atom. The molecule has 0 radical (unpaired) electrons. The number of carbonyl (C=O) groups is 1. The van der Waals surface area contributed by atoms with Crippen LogP contribution in [0.2, 0.25) is 0 Å². The number of hydrogen-bond donors (Lipinski definition) is 0. The van der Waals surface area contributed by atoms with E-state index < -0.39 is 0 Å². The van der Waals surface area contributed by atoms with E-state index in [0.29, 0.717) is 25.2 Å². The van der Waals surface area contributed by atoms with E-state index in [-0.39, 0.29) is 5.97 Å². The van der Waals surface area contributed by atoms with E-state index in [1.807, 2.05) is 6.92 Å². The molecule has 0 amide bonds. The van der Waals surface area contributed by atoms with Crippen LogP contribution in [-0.4, -0.2) is 38.0 Å². The first-order valence-electron chi connectivity index (χ1n) is 9.16. The van der Waals surface area contributed by atoms with Gasteiger partial charge in [-0.3, -0.25) is 4.79 Å². The second kappa shape index (κ2) is 12.9. The lowest BCUT2D eigenvalue weighted by Crippen LogP contribution is -2.38. The van der Waals surface area contributed by atoms with Crippen molar-refractivity contribution in [2.45, 2.75) is 90.3 Å². The van der Waals surface area contributed by atoms with E-state index >= 15 is 0 Å². The summed E-state index contributed by atoms with van der Waals surface area (Å²) in [5.74, 6) is -0.0611. The highest BCUT2D eigenvalue weighted by molar-refractivity contribution is 5.69. The van der Waals surface area contributed by atoms with Crippen molar-refractivity contribution in [2.24, 2.45) is 0 Å². The van der Waals surface area contributed by atoms with Crippen molar-refractivity contribution < 1.29 is 19.0 Å². The zero-order valence-corrected chi connectivity index (χ0v) is 14.5. The maximum atomic E-state index is 11.2. The molecule has 2 atom stereocenters. The third-order valence-electron chi connectivity index (χ3n) is 4.18. The molecule has 0 aromatic carbocycles. The molecule has 22 heavy (non-hydrogen) atoms. The molecular weight excluding hydrogens is 280 g/mol. The van der Waals surface area contributed by atoms with Crippen LogP contribution < -0.4 is 0 Å². The molecule has 0 spiro atoms. The molecule has 2 unspecified atom stereocenters. The van der Waals surface area contributed by atoms with Gasteiger partial charge in [0.1, 0.15) is 0 Å². The lowest BCUT2D eigenvalue weighted by molar-refractivity contribution is -0.145. The van der Waals surface area contributed by atoms with Gasteiger partial charge >= 0.3 is 5.97 Å². The summed E-state index contributed by atoms with van der Waals surface area (Å²) in [6.45, 7) is 6.05. The predicted octanol–water partition coefficient (Wildman–Crippen LogP) is 4.25. The number of hydrogen-bond acceptors (Lipinski definition) is 4. The molecule has 130 valence electrons. The SMILES string of the molecule is CCCCC1OCCOC1CCCCCCCC(=O)OCC. The van der Waals surface area contributed by atoms with Gasteiger partial charge in [-0.05, 0) is 26.2 Å². The molecule has 1 heterocycles. The molecule has 0 saturated carbocycles. The van der Waals surface area contributed by atoms with Crippen LogP contribution in [0.4, 0.5) is 0 Å². The maximum absolute atomic E-state index is 11.2. The minimum absolute atomic E-state index is 0.0611. The number of carbonyl (C=O) groups excluding carboxylic acids is 1. The van der Waals surface area contributed by atoms with Gasteiger partial charge in [-0.15, -0.1) is 0 Å². The fourth-order valence-corrected chi connectivity index (χ4v) is 2.94. The molecular formula is C18H34O4. The van der Waals surface area contributed by atoms with Crippen molar-refractivity contribution in [3.05, 3.63) is 0 Å². The fourth-order valence-electron chi connectivity index (χ4n) is 2.94. The predicted molar refractivity (Wildman–Crippen MR) is 88.0 cm³/mol. The summed E-state index contributed by atoms with van der Waals surface area (Å²) < 4.78 is 16.7. The fraction of sp³-hybridized carbons (Fsp3) is 0.944. The van der Waals surface area contributed by atoms with Crippen LogP contribution in [0.5, 0.6) is 0 Å². The standard InChI is InChI=1S/C18H34O4/c1-3-5-11-16-17(22-15-14-21-16)12-9-7-6-8-10-13-18(19)20-4-2/h16-17H,3-15H2,1-2H3. The van der Waals surface area contributed by atoms with Gasteiger partial charge in [0.05, 0.1) is 32.0 Å². The minimum Gasteiger partial charge on any atom is -0.466 e. The first kappa shape index (κ1) is 19.4. The average Bonchev–Trinajstić information content (AvgIpc) is 2.53. The molecule has 4 nitrogen and oxygen atoms in total. The van der Waals surface area contributed by atoms with Gasteiger partial charge in [0.15, 0.2) is 0 Å². The smallest absolute Gasteiger partial charge is 0.305 e. The lowest BCUT2D eigenvalue weighted by Gasteiger charge is -2.32. The molecule has 0 bridgehead atoms. The van der Waals surface area contributed by atoms with Gasteiger partial charge in [0.2, 0.25) is 0 Å². The third kappa shape index (κ3) is 8.74. The van der Waals surface area contributed by atoms with Crippen molar-refractivity contribution in [1.29, 1.82) is 0 Å². The molecule has 0 aromatic heterocycles. The Balaban J connectivity index is 2.01. The van der Waals surface area contributed by atoms with E-state index in [1.54, 1.807) is 0 Å². The molecule has 4 heteroatoms. The Morgan fingerprint density at radius 2 is 1.50 bits per heavy atom. The summed E-state index contributed by atoms with van der Waals surface area (Å²) in [7, 11) is 0. The highest BCUT2D eigenvalue weighted by Crippen LogP contribution is 2.21. The summed E-state index contributed by atoms with van der Waals surface area (Å²) in [5, 5.41) is 0. The summed E-state index contributed by atoms with van der Waals surface area (Å²) in [6, 6.07) is 0. The largest absolute Gasteiger partial charge is 0.466 e. The summed E-state index contributed by atoms with van der Waals surface area (Å²) in [6.07, 6.45) is 11.5. The van der Waals surface area contributed by atoms with Gasteiger partial charge < -0.3 is 14.2 Å². The van der Waals surface area contributed by atoms with E-state index in [1.165, 1.54) is 32.1 Å². The van der Waals surface area contributed by atoms with E-state index in [2.05, 4.69) is 6.92 Å². The molecule has 1 aliphatic rings. The third-order valence-corrected chi connectivity index (χ3v) is 4.18. The Labute approximate surface area is 135 Å². The Morgan fingerprint density at radius 1 is 0.909 bits per heavy atom. The van der Waals surface area contributed by atoms with Crippen molar-refractivity contribution in [1.82, 2.24) is 0 Å². The van der Waals surface area contributed by atoms with Gasteiger partial charge in [-0.2, -0.15) is 0 Å². The van der Waals surface area contributed by atoms with Gasteiger partial charge in [-0.1, -0.05) is 45.4 Å². The van der Waals surface area contributed by atoms with Crippen LogP contribution in [-0.2, 0) is 19.0 Å². The van der Waals surface area contributed by atoms with Crippen LogP contribution in [0, 0.1) is 0 Å². The van der Waals surface area contributed by atoms with Gasteiger partial charge in [0, 0.05) is 6.42 Å². The number of esters is 1. The minimum atomic E-state index is -0.0611. The Hall–Kier alpha value is -0.610. The molecule has 0 aromatic rings. The zero-order chi connectivity index (χ0) is 16.0. The van der Waals surface area contributed by atoms with Crippen molar-refractivity contribution in [3.8, 4) is 0 Å². The van der Waals surface area contributed by atoms with Crippen molar-refractivity contribution in [3.63, 3.8) is 0 Å². The molecule has 1 saturated heterocycles. The summed E-state index contributed by atoms with van der Waals surface area (Å²) >= 11 is 0. The van der Waals surface area contributed by atoms with Gasteiger partial charge in [-0.25, -0.2) is 0 Å². The molecule has 0 N–H and O–H groups in total. The Bertz CT molecular complexity index is 280. The second-order valence-corrected chi connectivity index (χ2v) is 6.07. The van der Waals surface area contributed by atoms with Gasteiger partial charge in [0.25, 0.3) is 0 Å². The quantitative estimate of drug-likeness (QED) is 0.399. The Kier molecular flexibility index (Phi) is 11.4. The maximum Gasteiger partial charge on any atom is 0.305 e. The molecule has 1 rings (SSSR count). The average molecular weight is 314 g/mol. The van der Waals surface area contributed by atoms with E-state index in [0.717, 1.165) is 38.9 Å². The number of ether oxygens (including phenoxy) is 3. The first-order chi connectivity index (χ1) is 10.8. The topological polar surface area (TPSA) is 44.8 Å².